The van der Waals surface area contributed by atoms with Crippen molar-refractivity contribution < 1.29 is 14.3 Å². The lowest BCUT2D eigenvalue weighted by atomic mass is 9.88. The van der Waals surface area contributed by atoms with Gasteiger partial charge in [-0.25, -0.2) is 4.39 Å². The average Bonchev–Trinajstić information content (AvgIpc) is 2.42. The van der Waals surface area contributed by atoms with Gasteiger partial charge < -0.3 is 5.11 Å². The summed E-state index contributed by atoms with van der Waals surface area (Å²) in [6.07, 6.45) is 5.64. The van der Waals surface area contributed by atoms with Crippen LogP contribution in [0.2, 0.25) is 0 Å². The summed E-state index contributed by atoms with van der Waals surface area (Å²) >= 11 is 0. The van der Waals surface area contributed by atoms with Gasteiger partial charge in [0, 0.05) is 12.5 Å². The summed E-state index contributed by atoms with van der Waals surface area (Å²) in [4.78, 5) is 11.6. The number of hydrogen-bond donors (Lipinski definition) is 2. The minimum atomic E-state index is -1.12. The van der Waals surface area contributed by atoms with Crippen molar-refractivity contribution >= 4 is 5.97 Å². The fourth-order valence-corrected chi connectivity index (χ4v) is 2.91. The van der Waals surface area contributed by atoms with Crippen LogP contribution >= 0.6 is 0 Å². The lowest BCUT2D eigenvalue weighted by Crippen LogP contribution is -2.55. The Balaban J connectivity index is 2.12. The van der Waals surface area contributed by atoms with E-state index < -0.39 is 11.5 Å². The molecule has 0 heterocycles. The quantitative estimate of drug-likeness (QED) is 0.870. The summed E-state index contributed by atoms with van der Waals surface area (Å²) in [6, 6.07) is 6.60. The van der Waals surface area contributed by atoms with Gasteiger partial charge in [0.1, 0.15) is 11.4 Å². The van der Waals surface area contributed by atoms with Crippen molar-refractivity contribution in [3.8, 4) is 0 Å². The van der Waals surface area contributed by atoms with E-state index in [9.17, 15) is 14.3 Å². The summed E-state index contributed by atoms with van der Waals surface area (Å²) in [6.45, 7) is 1.65. The topological polar surface area (TPSA) is 49.3 Å². The molecule has 0 bridgehead atoms. The van der Waals surface area contributed by atoms with Crippen LogP contribution in [0, 0.1) is 5.82 Å². The predicted molar refractivity (Wildman–Crippen MR) is 76.2 cm³/mol. The second-order valence-corrected chi connectivity index (χ2v) is 5.88. The van der Waals surface area contributed by atoms with Gasteiger partial charge in [-0.3, -0.25) is 10.1 Å². The van der Waals surface area contributed by atoms with E-state index in [-0.39, 0.29) is 18.3 Å². The van der Waals surface area contributed by atoms with Crippen LogP contribution in [0.5, 0.6) is 0 Å². The fraction of sp³-hybridized carbons (Fsp3) is 0.562. The molecule has 3 nitrogen and oxygen atoms in total. The van der Waals surface area contributed by atoms with Gasteiger partial charge >= 0.3 is 5.97 Å². The van der Waals surface area contributed by atoms with E-state index in [0.717, 1.165) is 25.7 Å². The monoisotopic (exact) mass is 279 g/mol. The van der Waals surface area contributed by atoms with Crippen LogP contribution < -0.4 is 5.32 Å². The third kappa shape index (κ3) is 3.57. The van der Waals surface area contributed by atoms with E-state index in [0.29, 0.717) is 5.56 Å². The van der Waals surface area contributed by atoms with Crippen molar-refractivity contribution in [2.75, 3.05) is 0 Å². The Kier molecular flexibility index (Phi) is 4.76. The van der Waals surface area contributed by atoms with Crippen molar-refractivity contribution in [2.24, 2.45) is 0 Å². The Labute approximate surface area is 119 Å². The van der Waals surface area contributed by atoms with Gasteiger partial charge in [0.05, 0.1) is 0 Å². The van der Waals surface area contributed by atoms with E-state index in [1.54, 1.807) is 25.1 Å². The summed E-state index contributed by atoms with van der Waals surface area (Å²) in [5.41, 5.74) is -0.676. The Hall–Kier alpha value is -1.42. The molecule has 1 unspecified atom stereocenters. The van der Waals surface area contributed by atoms with Gasteiger partial charge in [0.25, 0.3) is 0 Å². The highest BCUT2D eigenvalue weighted by Gasteiger charge is 2.36. The standard InChI is InChI=1S/C16H22FNO2/c1-16(15(19)20,18-13-8-3-2-4-9-13)11-12-7-5-6-10-14(12)17/h5-7,10,13,18H,2-4,8-9,11H2,1H3,(H,19,20). The van der Waals surface area contributed by atoms with E-state index >= 15 is 0 Å². The zero-order valence-electron chi connectivity index (χ0n) is 11.9. The average molecular weight is 279 g/mol. The number of benzene rings is 1. The molecule has 20 heavy (non-hydrogen) atoms. The molecule has 2 N–H and O–H groups in total. The molecule has 2 rings (SSSR count). The van der Waals surface area contributed by atoms with Crippen LogP contribution in [-0.4, -0.2) is 22.7 Å². The SMILES string of the molecule is CC(Cc1ccccc1F)(NC1CCCCC1)C(=O)O. The van der Waals surface area contributed by atoms with E-state index in [1.807, 2.05) is 0 Å². The number of carboxylic acid groups (broad SMARTS) is 1. The number of carbonyl (C=O) groups is 1. The first kappa shape index (κ1) is 15.0. The van der Waals surface area contributed by atoms with Crippen molar-refractivity contribution in [3.63, 3.8) is 0 Å². The van der Waals surface area contributed by atoms with Crippen LogP contribution in [-0.2, 0) is 11.2 Å². The molecule has 0 aliphatic heterocycles. The van der Waals surface area contributed by atoms with Crippen LogP contribution in [0.1, 0.15) is 44.6 Å². The van der Waals surface area contributed by atoms with Crippen molar-refractivity contribution in [1.82, 2.24) is 5.32 Å². The maximum Gasteiger partial charge on any atom is 0.323 e. The fourth-order valence-electron chi connectivity index (χ4n) is 2.91. The van der Waals surface area contributed by atoms with Crippen molar-refractivity contribution in [3.05, 3.63) is 35.6 Å². The van der Waals surface area contributed by atoms with Crippen molar-refractivity contribution in [2.45, 2.75) is 57.0 Å². The Morgan fingerprint density at radius 1 is 1.35 bits per heavy atom. The first-order chi connectivity index (χ1) is 9.51. The summed E-state index contributed by atoms with van der Waals surface area (Å²) < 4.78 is 13.7. The molecule has 0 amide bonds. The number of aliphatic carboxylic acids is 1. The minimum Gasteiger partial charge on any atom is -0.480 e. The van der Waals surface area contributed by atoms with E-state index in [1.165, 1.54) is 12.5 Å². The predicted octanol–water partition coefficient (Wildman–Crippen LogP) is 3.13. The molecule has 1 aliphatic carbocycles. The third-order valence-corrected chi connectivity index (χ3v) is 4.10. The van der Waals surface area contributed by atoms with Crippen LogP contribution in [0.4, 0.5) is 4.39 Å². The number of rotatable bonds is 5. The van der Waals surface area contributed by atoms with Gasteiger partial charge in [-0.2, -0.15) is 0 Å². The van der Waals surface area contributed by atoms with Crippen molar-refractivity contribution in [1.29, 1.82) is 0 Å². The summed E-state index contributed by atoms with van der Waals surface area (Å²) in [5, 5.41) is 12.8. The second-order valence-electron chi connectivity index (χ2n) is 5.88. The zero-order chi connectivity index (χ0) is 14.6. The second kappa shape index (κ2) is 6.35. The Morgan fingerprint density at radius 3 is 2.60 bits per heavy atom. The molecule has 110 valence electrons. The Morgan fingerprint density at radius 2 is 2.00 bits per heavy atom. The molecular formula is C16H22FNO2. The normalized spacial score (nSPS) is 19.5. The summed E-state index contributed by atoms with van der Waals surface area (Å²) in [5.74, 6) is -1.27. The van der Waals surface area contributed by atoms with E-state index in [4.69, 9.17) is 0 Å². The van der Waals surface area contributed by atoms with E-state index in [2.05, 4.69) is 5.32 Å². The largest absolute Gasteiger partial charge is 0.480 e. The molecule has 0 saturated heterocycles. The highest BCUT2D eigenvalue weighted by molar-refractivity contribution is 5.78. The smallest absolute Gasteiger partial charge is 0.323 e. The number of halogens is 1. The molecule has 1 aromatic carbocycles. The summed E-state index contributed by atoms with van der Waals surface area (Å²) in [7, 11) is 0. The highest BCUT2D eigenvalue weighted by atomic mass is 19.1. The van der Waals surface area contributed by atoms with Gasteiger partial charge in [-0.05, 0) is 31.4 Å². The van der Waals surface area contributed by atoms with Gasteiger partial charge in [0.2, 0.25) is 0 Å². The lowest BCUT2D eigenvalue weighted by Gasteiger charge is -2.33. The number of nitrogens with one attached hydrogen (secondary N) is 1. The molecule has 1 atom stereocenters. The minimum absolute atomic E-state index is 0.158. The molecule has 0 radical (unpaired) electrons. The van der Waals surface area contributed by atoms with Gasteiger partial charge in [-0.1, -0.05) is 37.5 Å². The molecule has 1 saturated carbocycles. The third-order valence-electron chi connectivity index (χ3n) is 4.10. The maximum atomic E-state index is 13.7. The van der Waals surface area contributed by atoms with Crippen LogP contribution in [0.25, 0.3) is 0 Å². The number of carboxylic acids is 1. The first-order valence-electron chi connectivity index (χ1n) is 7.26. The Bertz CT molecular complexity index is 471. The zero-order valence-corrected chi connectivity index (χ0v) is 11.9. The maximum absolute atomic E-state index is 13.7. The van der Waals surface area contributed by atoms with Crippen LogP contribution in [0.15, 0.2) is 24.3 Å². The molecule has 1 fully saturated rings. The molecule has 0 spiro atoms. The van der Waals surface area contributed by atoms with Gasteiger partial charge in [0.15, 0.2) is 0 Å². The molecule has 4 heteroatoms. The highest BCUT2D eigenvalue weighted by Crippen LogP contribution is 2.23. The first-order valence-corrected chi connectivity index (χ1v) is 7.26. The van der Waals surface area contributed by atoms with Crippen LogP contribution in [0.3, 0.4) is 0 Å². The molecule has 1 aromatic rings. The van der Waals surface area contributed by atoms with Gasteiger partial charge in [-0.15, -0.1) is 0 Å². The molecule has 0 aromatic heterocycles. The molecule has 1 aliphatic rings. The lowest BCUT2D eigenvalue weighted by molar-refractivity contribution is -0.144. The molecular weight excluding hydrogens is 257 g/mol. The number of hydrogen-bond acceptors (Lipinski definition) is 2.